The molecule has 1 aromatic carbocycles. The Bertz CT molecular complexity index is 962. The number of benzene rings is 1. The number of pyridine rings is 1. The molecule has 1 aliphatic heterocycles. The lowest BCUT2D eigenvalue weighted by atomic mass is 9.86. The van der Waals surface area contributed by atoms with Crippen molar-refractivity contribution in [3.05, 3.63) is 46.6 Å². The second kappa shape index (κ2) is 8.47. The van der Waals surface area contributed by atoms with E-state index in [1.807, 2.05) is 13.8 Å². The molecule has 0 spiro atoms. The molecule has 160 valence electrons. The Hall–Kier alpha value is -2.25. The Balaban J connectivity index is 1.64. The van der Waals surface area contributed by atoms with Gasteiger partial charge in [0.2, 0.25) is 5.91 Å². The Kier molecular flexibility index (Phi) is 5.93. The lowest BCUT2D eigenvalue weighted by molar-refractivity contribution is -0.124. The van der Waals surface area contributed by atoms with Gasteiger partial charge in [0, 0.05) is 17.5 Å². The van der Waals surface area contributed by atoms with Crippen molar-refractivity contribution in [2.45, 2.75) is 58.3 Å². The lowest BCUT2D eigenvalue weighted by Crippen LogP contribution is -2.38. The number of halogens is 3. The molecule has 4 rings (SSSR count). The number of anilines is 3. The number of fused-ring (bicyclic) bond motifs is 2. The predicted molar refractivity (Wildman–Crippen MR) is 112 cm³/mol. The average molecular weight is 436 g/mol. The van der Waals surface area contributed by atoms with Crippen LogP contribution >= 0.6 is 11.6 Å². The van der Waals surface area contributed by atoms with Crippen molar-refractivity contribution in [2.24, 2.45) is 5.92 Å². The second-order valence-electron chi connectivity index (χ2n) is 8.15. The van der Waals surface area contributed by atoms with Crippen molar-refractivity contribution in [3.63, 3.8) is 0 Å². The highest BCUT2D eigenvalue weighted by molar-refractivity contribution is 6.31. The van der Waals surface area contributed by atoms with E-state index in [0.29, 0.717) is 35.6 Å². The fourth-order valence-corrected chi connectivity index (χ4v) is 4.36. The largest absolute Gasteiger partial charge is 0.376 e. The molecule has 0 saturated heterocycles. The number of carbonyl (C=O) groups is 1. The van der Waals surface area contributed by atoms with Crippen molar-refractivity contribution in [3.8, 4) is 0 Å². The van der Waals surface area contributed by atoms with Crippen molar-refractivity contribution in [1.82, 2.24) is 4.98 Å². The molecule has 0 radical (unpaired) electrons. The van der Waals surface area contributed by atoms with Crippen LogP contribution in [0.15, 0.2) is 24.4 Å². The zero-order chi connectivity index (χ0) is 21.4. The van der Waals surface area contributed by atoms with Crippen LogP contribution in [0.2, 0.25) is 5.02 Å². The van der Waals surface area contributed by atoms with Crippen LogP contribution in [0, 0.1) is 17.6 Å². The first-order chi connectivity index (χ1) is 14.3. The zero-order valence-corrected chi connectivity index (χ0v) is 17.7. The first-order valence-electron chi connectivity index (χ1n) is 10.2. The van der Waals surface area contributed by atoms with Crippen LogP contribution in [0.1, 0.15) is 45.1 Å². The van der Waals surface area contributed by atoms with Gasteiger partial charge in [-0.3, -0.25) is 4.79 Å². The Morgan fingerprint density at radius 1 is 1.23 bits per heavy atom. The van der Waals surface area contributed by atoms with Crippen LogP contribution < -0.4 is 10.2 Å². The molecule has 2 heterocycles. The summed E-state index contributed by atoms with van der Waals surface area (Å²) < 4.78 is 33.9. The van der Waals surface area contributed by atoms with Crippen molar-refractivity contribution >= 4 is 34.7 Å². The van der Waals surface area contributed by atoms with Gasteiger partial charge in [0.15, 0.2) is 0 Å². The molecule has 1 saturated carbocycles. The maximum absolute atomic E-state index is 14.1. The quantitative estimate of drug-likeness (QED) is 0.683. The number of carbonyl (C=O) groups excluding carboxylic acids is 1. The SMILES string of the molecule is CC(C)OC1CCC(C(=O)N2Cc3cc(F)cnc3Nc3cc(F)c(Cl)cc32)CC1. The molecule has 5 nitrogen and oxygen atoms in total. The third-order valence-corrected chi connectivity index (χ3v) is 5.89. The molecule has 0 atom stereocenters. The van der Waals surface area contributed by atoms with Gasteiger partial charge in [-0.05, 0) is 51.7 Å². The van der Waals surface area contributed by atoms with Crippen LogP contribution in [-0.2, 0) is 16.1 Å². The molecule has 8 heteroatoms. The molecule has 30 heavy (non-hydrogen) atoms. The zero-order valence-electron chi connectivity index (χ0n) is 16.9. The van der Waals surface area contributed by atoms with Gasteiger partial charge >= 0.3 is 0 Å². The highest BCUT2D eigenvalue weighted by atomic mass is 35.5. The van der Waals surface area contributed by atoms with E-state index in [-0.39, 0.29) is 35.6 Å². The van der Waals surface area contributed by atoms with Crippen LogP contribution in [-0.4, -0.2) is 23.1 Å². The third-order valence-electron chi connectivity index (χ3n) is 5.60. The van der Waals surface area contributed by atoms with E-state index in [1.54, 1.807) is 4.90 Å². The van der Waals surface area contributed by atoms with Crippen molar-refractivity contribution < 1.29 is 18.3 Å². The Labute approximate surface area is 179 Å². The summed E-state index contributed by atoms with van der Waals surface area (Å²) >= 11 is 6.03. The molecule has 1 amide bonds. The number of hydrogen-bond acceptors (Lipinski definition) is 4. The third kappa shape index (κ3) is 4.27. The van der Waals surface area contributed by atoms with Crippen LogP contribution in [0.5, 0.6) is 0 Å². The van der Waals surface area contributed by atoms with Crippen molar-refractivity contribution in [1.29, 1.82) is 0 Å². The van der Waals surface area contributed by atoms with Gasteiger partial charge in [-0.2, -0.15) is 0 Å². The molecule has 0 bridgehead atoms. The highest BCUT2D eigenvalue weighted by Crippen LogP contribution is 2.40. The number of nitrogens with one attached hydrogen (secondary N) is 1. The maximum atomic E-state index is 14.1. The number of amides is 1. The van der Waals surface area contributed by atoms with Crippen LogP contribution in [0.4, 0.5) is 26.0 Å². The summed E-state index contributed by atoms with van der Waals surface area (Å²) in [6, 6.07) is 4.02. The maximum Gasteiger partial charge on any atom is 0.230 e. The first kappa shape index (κ1) is 21.0. The fourth-order valence-electron chi connectivity index (χ4n) is 4.20. The minimum absolute atomic E-state index is 0.0764. The average Bonchev–Trinajstić information content (AvgIpc) is 2.84. The van der Waals surface area contributed by atoms with E-state index in [4.69, 9.17) is 16.3 Å². The monoisotopic (exact) mass is 435 g/mol. The van der Waals surface area contributed by atoms with E-state index >= 15 is 0 Å². The Morgan fingerprint density at radius 2 is 1.97 bits per heavy atom. The van der Waals surface area contributed by atoms with Gasteiger partial charge in [0.05, 0.1) is 41.3 Å². The van der Waals surface area contributed by atoms with Gasteiger partial charge in [-0.25, -0.2) is 13.8 Å². The first-order valence-corrected chi connectivity index (χ1v) is 10.6. The smallest absolute Gasteiger partial charge is 0.230 e. The summed E-state index contributed by atoms with van der Waals surface area (Å²) in [5.41, 5.74) is 1.36. The molecule has 2 aromatic rings. The standard InChI is InChI=1S/C22H24ClF2N3O2/c1-12(2)30-16-5-3-13(4-6-16)22(29)28-11-14-7-15(24)10-26-21(14)27-19-9-18(25)17(23)8-20(19)28/h7-10,12-13,16H,3-6,11H2,1-2H3,(H,26,27). The summed E-state index contributed by atoms with van der Waals surface area (Å²) in [7, 11) is 0. The van der Waals surface area contributed by atoms with Crippen LogP contribution in [0.3, 0.4) is 0 Å². The fraction of sp³-hybridized carbons (Fsp3) is 0.455. The van der Waals surface area contributed by atoms with E-state index in [0.717, 1.165) is 19.0 Å². The number of hydrogen-bond donors (Lipinski definition) is 1. The lowest BCUT2D eigenvalue weighted by Gasteiger charge is -2.33. The molecule has 0 unspecified atom stereocenters. The summed E-state index contributed by atoms with van der Waals surface area (Å²) in [4.78, 5) is 19.1. The molecule has 2 aliphatic rings. The molecule has 1 aromatic heterocycles. The number of nitrogens with zero attached hydrogens (tertiary/aromatic N) is 2. The molecule has 1 fully saturated rings. The predicted octanol–water partition coefficient (Wildman–Crippen LogP) is 5.59. The summed E-state index contributed by atoms with van der Waals surface area (Å²) in [5.74, 6) is -0.974. The van der Waals surface area contributed by atoms with E-state index in [1.165, 1.54) is 18.2 Å². The summed E-state index contributed by atoms with van der Waals surface area (Å²) in [6.45, 7) is 4.14. The van der Waals surface area contributed by atoms with E-state index < -0.39 is 11.6 Å². The van der Waals surface area contributed by atoms with Gasteiger partial charge in [0.25, 0.3) is 0 Å². The second-order valence-corrected chi connectivity index (χ2v) is 8.56. The van der Waals surface area contributed by atoms with Gasteiger partial charge in [-0.1, -0.05) is 11.6 Å². The van der Waals surface area contributed by atoms with Gasteiger partial charge < -0.3 is 15.0 Å². The molecular formula is C22H24ClF2N3O2. The minimum Gasteiger partial charge on any atom is -0.376 e. The normalized spacial score (nSPS) is 20.9. The number of rotatable bonds is 3. The molecule has 1 N–H and O–H groups in total. The molecule has 1 aliphatic carbocycles. The topological polar surface area (TPSA) is 54.5 Å². The summed E-state index contributed by atoms with van der Waals surface area (Å²) in [6.07, 6.45) is 4.44. The van der Waals surface area contributed by atoms with E-state index in [2.05, 4.69) is 10.3 Å². The van der Waals surface area contributed by atoms with Gasteiger partial charge in [0.1, 0.15) is 17.5 Å². The van der Waals surface area contributed by atoms with Crippen molar-refractivity contribution in [2.75, 3.05) is 10.2 Å². The Morgan fingerprint density at radius 3 is 2.67 bits per heavy atom. The summed E-state index contributed by atoms with van der Waals surface area (Å²) in [5, 5.41) is 2.95. The minimum atomic E-state index is -0.604. The number of ether oxygens (including phenoxy) is 1. The highest BCUT2D eigenvalue weighted by Gasteiger charge is 2.34. The van der Waals surface area contributed by atoms with E-state index in [9.17, 15) is 13.6 Å². The van der Waals surface area contributed by atoms with Crippen LogP contribution in [0.25, 0.3) is 0 Å². The van der Waals surface area contributed by atoms with Gasteiger partial charge in [-0.15, -0.1) is 0 Å². The number of aromatic nitrogens is 1. The molecular weight excluding hydrogens is 412 g/mol.